The van der Waals surface area contributed by atoms with Crippen LogP contribution < -0.4 is 5.73 Å². The molecule has 0 spiro atoms. The van der Waals surface area contributed by atoms with Crippen LogP contribution in [0.15, 0.2) is 109 Å². The third-order valence-corrected chi connectivity index (χ3v) is 5.48. The van der Waals surface area contributed by atoms with Gasteiger partial charge < -0.3 is 5.73 Å². The fourth-order valence-corrected chi connectivity index (χ4v) is 3.89. The Kier molecular flexibility index (Phi) is 5.47. The van der Waals surface area contributed by atoms with Gasteiger partial charge in [-0.3, -0.25) is 9.78 Å². The number of benzene rings is 3. The number of carbonyl (C=O) groups excluding carboxylic acids is 1. The van der Waals surface area contributed by atoms with Crippen molar-refractivity contribution in [3.05, 3.63) is 115 Å². The number of amides is 1. The second kappa shape index (κ2) is 8.88. The number of nitrogens with two attached hydrogens (primary N) is 1. The van der Waals surface area contributed by atoms with Gasteiger partial charge in [0.25, 0.3) is 0 Å². The van der Waals surface area contributed by atoms with Crippen LogP contribution in [0.2, 0.25) is 0 Å². The average Bonchev–Trinajstić information content (AvgIpc) is 3.30. The summed E-state index contributed by atoms with van der Waals surface area (Å²) in [6.07, 6.45) is 1.75. The van der Waals surface area contributed by atoms with Crippen molar-refractivity contribution in [3.8, 4) is 33.6 Å². The zero-order chi connectivity index (χ0) is 22.6. The number of hydrogen-bond donors (Lipinski definition) is 1. The van der Waals surface area contributed by atoms with Gasteiger partial charge in [0.05, 0.1) is 11.4 Å². The van der Waals surface area contributed by atoms with Crippen molar-refractivity contribution in [2.75, 3.05) is 0 Å². The Bertz CT molecular complexity index is 1370. The van der Waals surface area contributed by atoms with E-state index in [0.29, 0.717) is 17.1 Å². The first kappa shape index (κ1) is 20.3. The maximum atomic E-state index is 12.7. The fourth-order valence-electron chi connectivity index (χ4n) is 3.89. The zero-order valence-electron chi connectivity index (χ0n) is 17.7. The van der Waals surface area contributed by atoms with Crippen LogP contribution in [0.4, 0.5) is 0 Å². The molecule has 1 amide bonds. The Morgan fingerprint density at radius 1 is 0.697 bits per heavy atom. The van der Waals surface area contributed by atoms with Crippen LogP contribution in [0.3, 0.4) is 0 Å². The summed E-state index contributed by atoms with van der Waals surface area (Å²) in [6.45, 7) is 0. The quantitative estimate of drug-likeness (QED) is 0.420. The molecule has 160 valence electrons. The first-order valence-electron chi connectivity index (χ1n) is 10.6. The molecule has 3 aromatic carbocycles. The van der Waals surface area contributed by atoms with E-state index in [1.807, 2.05) is 103 Å². The van der Waals surface area contributed by atoms with Gasteiger partial charge in [-0.1, -0.05) is 102 Å². The van der Waals surface area contributed by atoms with E-state index in [0.717, 1.165) is 22.3 Å². The molecular weight excluding hydrogens is 410 g/mol. The summed E-state index contributed by atoms with van der Waals surface area (Å²) in [7, 11) is 0. The maximum Gasteiger partial charge on any atom is 0.248 e. The summed E-state index contributed by atoms with van der Waals surface area (Å²) < 4.78 is 1.57. The second-order valence-electron chi connectivity index (χ2n) is 7.61. The van der Waals surface area contributed by atoms with E-state index in [-0.39, 0.29) is 0 Å². The number of nitrogens with zero attached hydrogens (tertiary/aromatic N) is 4. The van der Waals surface area contributed by atoms with Crippen molar-refractivity contribution in [1.82, 2.24) is 20.0 Å². The number of aromatic nitrogens is 4. The van der Waals surface area contributed by atoms with Crippen molar-refractivity contribution < 1.29 is 4.79 Å². The van der Waals surface area contributed by atoms with Gasteiger partial charge in [0.2, 0.25) is 5.91 Å². The van der Waals surface area contributed by atoms with Gasteiger partial charge in [0.1, 0.15) is 5.69 Å². The third-order valence-electron chi connectivity index (χ3n) is 5.48. The summed E-state index contributed by atoms with van der Waals surface area (Å²) in [5.41, 5.74) is 11.5. The molecule has 2 heterocycles. The first-order valence-corrected chi connectivity index (χ1v) is 10.6. The Labute approximate surface area is 191 Å². The number of hydrogen-bond acceptors (Lipinski definition) is 4. The Morgan fingerprint density at radius 3 is 1.82 bits per heavy atom. The van der Waals surface area contributed by atoms with Crippen molar-refractivity contribution >= 4 is 5.91 Å². The molecule has 0 aliphatic heterocycles. The predicted molar refractivity (Wildman–Crippen MR) is 128 cm³/mol. The monoisotopic (exact) mass is 431 g/mol. The minimum absolute atomic E-state index is 0.504. The SMILES string of the molecule is NC(=O)C(c1ccc(-c2ccccc2)cn1)n1nnc(-c2ccccc2)c1-c1ccccc1. The minimum atomic E-state index is -0.907. The summed E-state index contributed by atoms with van der Waals surface area (Å²) in [5, 5.41) is 8.81. The van der Waals surface area contributed by atoms with Crippen LogP contribution in [0.25, 0.3) is 33.6 Å². The van der Waals surface area contributed by atoms with Gasteiger partial charge >= 0.3 is 0 Å². The molecule has 2 N–H and O–H groups in total. The Hall–Kier alpha value is -4.58. The molecule has 0 aliphatic rings. The molecule has 6 nitrogen and oxygen atoms in total. The number of pyridine rings is 1. The third kappa shape index (κ3) is 4.02. The van der Waals surface area contributed by atoms with Crippen LogP contribution in [0.5, 0.6) is 0 Å². The van der Waals surface area contributed by atoms with Crippen LogP contribution in [-0.2, 0) is 4.79 Å². The van der Waals surface area contributed by atoms with Gasteiger partial charge in [-0.15, -0.1) is 5.10 Å². The van der Waals surface area contributed by atoms with Crippen LogP contribution in [0, 0.1) is 0 Å². The molecule has 5 rings (SSSR count). The van der Waals surface area contributed by atoms with Crippen LogP contribution in [-0.4, -0.2) is 25.9 Å². The normalized spacial score (nSPS) is 11.8. The molecule has 0 saturated heterocycles. The zero-order valence-corrected chi connectivity index (χ0v) is 17.7. The lowest BCUT2D eigenvalue weighted by Crippen LogP contribution is -2.29. The van der Waals surface area contributed by atoms with E-state index in [1.54, 1.807) is 10.9 Å². The molecule has 0 radical (unpaired) electrons. The number of carbonyl (C=O) groups is 1. The van der Waals surface area contributed by atoms with Crippen molar-refractivity contribution in [3.63, 3.8) is 0 Å². The number of rotatable bonds is 6. The van der Waals surface area contributed by atoms with Gasteiger partial charge in [0, 0.05) is 22.9 Å². The van der Waals surface area contributed by atoms with Crippen molar-refractivity contribution in [2.24, 2.45) is 5.73 Å². The highest BCUT2D eigenvalue weighted by atomic mass is 16.1. The molecule has 0 saturated carbocycles. The van der Waals surface area contributed by atoms with E-state index in [9.17, 15) is 4.79 Å². The highest BCUT2D eigenvalue weighted by Crippen LogP contribution is 2.33. The van der Waals surface area contributed by atoms with E-state index < -0.39 is 11.9 Å². The number of primary amides is 1. The fraction of sp³-hybridized carbons (Fsp3) is 0.0370. The molecule has 0 bridgehead atoms. The summed E-state index contributed by atoms with van der Waals surface area (Å²) in [6, 6.07) is 32.3. The van der Waals surface area contributed by atoms with Gasteiger partial charge in [-0.2, -0.15) is 0 Å². The molecular formula is C27H21N5O. The summed E-state index contributed by atoms with van der Waals surface area (Å²) >= 11 is 0. The molecule has 2 aromatic heterocycles. The van der Waals surface area contributed by atoms with Crippen LogP contribution >= 0.6 is 0 Å². The highest BCUT2D eigenvalue weighted by molar-refractivity contribution is 5.84. The lowest BCUT2D eigenvalue weighted by atomic mass is 10.0. The summed E-state index contributed by atoms with van der Waals surface area (Å²) in [4.78, 5) is 17.3. The molecule has 1 unspecified atom stereocenters. The first-order chi connectivity index (χ1) is 16.2. The smallest absolute Gasteiger partial charge is 0.248 e. The standard InChI is InChI=1S/C27H21N5O/c28-27(33)26(23-17-16-22(18-29-23)19-10-4-1-5-11-19)32-25(21-14-8-3-9-15-21)24(30-31-32)20-12-6-2-7-13-20/h1-18,26H,(H2,28,33). The van der Waals surface area contributed by atoms with E-state index in [1.165, 1.54) is 0 Å². The molecule has 5 aromatic rings. The van der Waals surface area contributed by atoms with E-state index >= 15 is 0 Å². The Balaban J connectivity index is 1.63. The minimum Gasteiger partial charge on any atom is -0.367 e. The van der Waals surface area contributed by atoms with E-state index in [4.69, 9.17) is 5.73 Å². The molecule has 6 heteroatoms. The Morgan fingerprint density at radius 2 is 1.27 bits per heavy atom. The van der Waals surface area contributed by atoms with Crippen LogP contribution in [0.1, 0.15) is 11.7 Å². The topological polar surface area (TPSA) is 86.7 Å². The lowest BCUT2D eigenvalue weighted by molar-refractivity contribution is -0.120. The lowest BCUT2D eigenvalue weighted by Gasteiger charge is -2.17. The highest BCUT2D eigenvalue weighted by Gasteiger charge is 2.28. The second-order valence-corrected chi connectivity index (χ2v) is 7.61. The molecule has 1 atom stereocenters. The van der Waals surface area contributed by atoms with Gasteiger partial charge in [-0.25, -0.2) is 4.68 Å². The largest absolute Gasteiger partial charge is 0.367 e. The van der Waals surface area contributed by atoms with Gasteiger partial charge in [0.15, 0.2) is 6.04 Å². The summed E-state index contributed by atoms with van der Waals surface area (Å²) in [5.74, 6) is -0.559. The van der Waals surface area contributed by atoms with Crippen molar-refractivity contribution in [1.29, 1.82) is 0 Å². The maximum absolute atomic E-state index is 12.7. The molecule has 0 aliphatic carbocycles. The van der Waals surface area contributed by atoms with E-state index in [2.05, 4.69) is 15.3 Å². The van der Waals surface area contributed by atoms with Gasteiger partial charge in [-0.05, 0) is 11.6 Å². The molecule has 0 fully saturated rings. The molecule has 33 heavy (non-hydrogen) atoms. The average molecular weight is 431 g/mol. The van der Waals surface area contributed by atoms with Crippen molar-refractivity contribution in [2.45, 2.75) is 6.04 Å². The predicted octanol–water partition coefficient (Wildman–Crippen LogP) is 4.75.